The average molecular weight is 391 g/mol. The van der Waals surface area contributed by atoms with Gasteiger partial charge in [0.2, 0.25) is 0 Å². The molecule has 0 aromatic heterocycles. The predicted octanol–water partition coefficient (Wildman–Crippen LogP) is 3.41. The first-order valence-electron chi connectivity index (χ1n) is 8.91. The molecule has 2 aromatic rings. The number of aliphatic hydroxyl groups is 1. The number of aliphatic hydroxyl groups excluding tert-OH is 1. The number of hydrogen-bond acceptors (Lipinski definition) is 6. The van der Waals surface area contributed by atoms with Crippen LogP contribution in [0, 0.1) is 6.92 Å². The Balaban J connectivity index is 1.59. The highest BCUT2D eigenvalue weighted by Crippen LogP contribution is 2.36. The van der Waals surface area contributed by atoms with Crippen LogP contribution in [-0.2, 0) is 20.8 Å². The number of thioether (sulfide) groups is 1. The van der Waals surface area contributed by atoms with Gasteiger partial charge in [-0.25, -0.2) is 0 Å². The summed E-state index contributed by atoms with van der Waals surface area (Å²) in [5, 5.41) is 10.4. The van der Waals surface area contributed by atoms with Crippen molar-refractivity contribution in [1.29, 1.82) is 0 Å². The molecule has 6 heteroatoms. The quantitative estimate of drug-likeness (QED) is 0.745. The minimum Gasteiger partial charge on any atom is -0.497 e. The summed E-state index contributed by atoms with van der Waals surface area (Å²) in [5.41, 5.74) is 2.26. The van der Waals surface area contributed by atoms with Gasteiger partial charge >= 0.3 is 0 Å². The molecule has 1 fully saturated rings. The zero-order valence-corrected chi connectivity index (χ0v) is 16.6. The van der Waals surface area contributed by atoms with Crippen LogP contribution in [0.15, 0.2) is 53.4 Å². The van der Waals surface area contributed by atoms with E-state index in [1.165, 1.54) is 5.56 Å². The minimum absolute atomic E-state index is 0.159. The fourth-order valence-electron chi connectivity index (χ4n) is 2.97. The molecule has 0 unspecified atom stereocenters. The van der Waals surface area contributed by atoms with Gasteiger partial charge < -0.3 is 24.1 Å². The van der Waals surface area contributed by atoms with E-state index in [1.807, 2.05) is 24.3 Å². The Labute approximate surface area is 164 Å². The van der Waals surface area contributed by atoms with Gasteiger partial charge in [0.1, 0.15) is 11.9 Å². The SMILES string of the molecule is COc1ccc(COC[C@H]2O[C@H](OC)[C@@H](O)[C@@H]2Sc2ccc(C)cc2)cc1. The lowest BCUT2D eigenvalue weighted by Crippen LogP contribution is -2.32. The van der Waals surface area contributed by atoms with Crippen molar-refractivity contribution in [3.8, 4) is 5.75 Å². The lowest BCUT2D eigenvalue weighted by Gasteiger charge is -2.19. The summed E-state index contributed by atoms with van der Waals surface area (Å²) in [4.78, 5) is 1.09. The second-order valence-electron chi connectivity index (χ2n) is 6.53. The molecule has 0 bridgehead atoms. The Morgan fingerprint density at radius 2 is 1.74 bits per heavy atom. The molecule has 4 atom stereocenters. The molecule has 0 amide bonds. The standard InChI is InChI=1S/C21H26O5S/c1-14-4-10-17(11-5-14)27-20-18(26-21(24-3)19(20)22)13-25-12-15-6-8-16(23-2)9-7-15/h4-11,18-22H,12-13H2,1-3H3/t18-,19+,20-,21+/m1/s1. The second kappa shape index (κ2) is 9.57. The molecule has 1 N–H and O–H groups in total. The number of benzene rings is 2. The Morgan fingerprint density at radius 1 is 1.04 bits per heavy atom. The lowest BCUT2D eigenvalue weighted by molar-refractivity contribution is -0.156. The molecule has 5 nitrogen and oxygen atoms in total. The first-order valence-corrected chi connectivity index (χ1v) is 9.79. The van der Waals surface area contributed by atoms with E-state index in [1.54, 1.807) is 26.0 Å². The van der Waals surface area contributed by atoms with E-state index in [9.17, 15) is 5.11 Å². The van der Waals surface area contributed by atoms with Crippen molar-refractivity contribution >= 4 is 11.8 Å². The number of rotatable bonds is 8. The molecule has 0 radical (unpaired) electrons. The van der Waals surface area contributed by atoms with Crippen LogP contribution < -0.4 is 4.74 Å². The van der Waals surface area contributed by atoms with E-state index in [0.29, 0.717) is 13.2 Å². The molecular weight excluding hydrogens is 364 g/mol. The van der Waals surface area contributed by atoms with Crippen LogP contribution >= 0.6 is 11.8 Å². The van der Waals surface area contributed by atoms with Crippen LogP contribution in [-0.4, -0.2) is 49.7 Å². The first kappa shape index (κ1) is 20.2. The van der Waals surface area contributed by atoms with Crippen molar-refractivity contribution in [1.82, 2.24) is 0 Å². The van der Waals surface area contributed by atoms with E-state index < -0.39 is 12.4 Å². The molecule has 1 heterocycles. The van der Waals surface area contributed by atoms with Gasteiger partial charge in [0, 0.05) is 12.0 Å². The molecule has 3 rings (SSSR count). The van der Waals surface area contributed by atoms with Gasteiger partial charge in [0.05, 0.1) is 31.7 Å². The summed E-state index contributed by atoms with van der Waals surface area (Å²) in [6.45, 7) is 2.91. The van der Waals surface area contributed by atoms with Crippen LogP contribution in [0.3, 0.4) is 0 Å². The van der Waals surface area contributed by atoms with Crippen molar-refractivity contribution in [2.24, 2.45) is 0 Å². The van der Waals surface area contributed by atoms with Gasteiger partial charge in [0.15, 0.2) is 6.29 Å². The van der Waals surface area contributed by atoms with Crippen LogP contribution in [0.1, 0.15) is 11.1 Å². The molecule has 0 saturated carbocycles. The highest BCUT2D eigenvalue weighted by molar-refractivity contribution is 8.00. The van der Waals surface area contributed by atoms with E-state index in [-0.39, 0.29) is 11.4 Å². The zero-order chi connectivity index (χ0) is 19.2. The highest BCUT2D eigenvalue weighted by Gasteiger charge is 2.44. The monoisotopic (exact) mass is 390 g/mol. The first-order chi connectivity index (χ1) is 13.1. The largest absolute Gasteiger partial charge is 0.497 e. The van der Waals surface area contributed by atoms with Gasteiger partial charge in [-0.2, -0.15) is 0 Å². The third kappa shape index (κ3) is 5.24. The average Bonchev–Trinajstić information content (AvgIpc) is 2.99. The fourth-order valence-corrected chi connectivity index (χ4v) is 4.14. The zero-order valence-electron chi connectivity index (χ0n) is 15.8. The fraction of sp³-hybridized carbons (Fsp3) is 0.429. The summed E-state index contributed by atoms with van der Waals surface area (Å²) in [6, 6.07) is 16.0. The van der Waals surface area contributed by atoms with Crippen LogP contribution in [0.5, 0.6) is 5.75 Å². The third-order valence-electron chi connectivity index (χ3n) is 4.53. The van der Waals surface area contributed by atoms with Gasteiger partial charge in [-0.1, -0.05) is 29.8 Å². The van der Waals surface area contributed by atoms with E-state index in [2.05, 4.69) is 31.2 Å². The summed E-state index contributed by atoms with van der Waals surface area (Å²) in [7, 11) is 3.19. The summed E-state index contributed by atoms with van der Waals surface area (Å²) < 4.78 is 22.2. The molecule has 1 saturated heterocycles. The van der Waals surface area contributed by atoms with Crippen molar-refractivity contribution in [2.75, 3.05) is 20.8 Å². The van der Waals surface area contributed by atoms with E-state index in [0.717, 1.165) is 16.2 Å². The summed E-state index contributed by atoms with van der Waals surface area (Å²) >= 11 is 1.59. The Morgan fingerprint density at radius 3 is 2.37 bits per heavy atom. The van der Waals surface area contributed by atoms with E-state index in [4.69, 9.17) is 18.9 Å². The van der Waals surface area contributed by atoms with E-state index >= 15 is 0 Å². The lowest BCUT2D eigenvalue weighted by atomic mass is 10.2. The molecule has 0 spiro atoms. The predicted molar refractivity (Wildman–Crippen MR) is 105 cm³/mol. The molecule has 146 valence electrons. The Hall–Kier alpha value is -1.57. The van der Waals surface area contributed by atoms with Crippen LogP contribution in [0.25, 0.3) is 0 Å². The number of aryl methyl sites for hydroxylation is 1. The van der Waals surface area contributed by atoms with Crippen LogP contribution in [0.4, 0.5) is 0 Å². The topological polar surface area (TPSA) is 57.2 Å². The molecule has 1 aliphatic rings. The highest BCUT2D eigenvalue weighted by atomic mass is 32.2. The summed E-state index contributed by atoms with van der Waals surface area (Å²) in [6.07, 6.45) is -1.60. The minimum atomic E-state index is -0.712. The van der Waals surface area contributed by atoms with Crippen molar-refractivity contribution in [2.45, 2.75) is 42.2 Å². The molecule has 1 aliphatic heterocycles. The number of ether oxygens (including phenoxy) is 4. The van der Waals surface area contributed by atoms with Crippen LogP contribution in [0.2, 0.25) is 0 Å². The van der Waals surface area contributed by atoms with Crippen molar-refractivity contribution in [3.63, 3.8) is 0 Å². The maximum Gasteiger partial charge on any atom is 0.184 e. The molecule has 0 aliphatic carbocycles. The normalized spacial score (nSPS) is 24.9. The number of hydrogen-bond donors (Lipinski definition) is 1. The third-order valence-corrected chi connectivity index (χ3v) is 5.93. The maximum absolute atomic E-state index is 10.6. The van der Waals surface area contributed by atoms with Gasteiger partial charge in [0.25, 0.3) is 0 Å². The smallest absolute Gasteiger partial charge is 0.184 e. The summed E-state index contributed by atoms with van der Waals surface area (Å²) in [5.74, 6) is 0.818. The molecule has 2 aromatic carbocycles. The Kier molecular flexibility index (Phi) is 7.15. The van der Waals surface area contributed by atoms with Gasteiger partial charge in [-0.15, -0.1) is 11.8 Å². The maximum atomic E-state index is 10.6. The number of methoxy groups -OCH3 is 2. The molecular formula is C21H26O5S. The Bertz CT molecular complexity index is 704. The molecule has 27 heavy (non-hydrogen) atoms. The van der Waals surface area contributed by atoms with Gasteiger partial charge in [-0.3, -0.25) is 0 Å². The second-order valence-corrected chi connectivity index (χ2v) is 7.78. The van der Waals surface area contributed by atoms with Gasteiger partial charge in [-0.05, 0) is 36.8 Å². The van der Waals surface area contributed by atoms with Crippen molar-refractivity contribution in [3.05, 3.63) is 59.7 Å². The van der Waals surface area contributed by atoms with Crippen molar-refractivity contribution < 1.29 is 24.1 Å².